The molecule has 1 amide bonds. The van der Waals surface area contributed by atoms with Gasteiger partial charge in [0, 0.05) is 63.2 Å². The fourth-order valence-corrected chi connectivity index (χ4v) is 11.2. The molecule has 0 saturated carbocycles. The first-order valence-corrected chi connectivity index (χ1v) is 26.0. The first-order chi connectivity index (χ1) is 33.8. The van der Waals surface area contributed by atoms with Crippen LogP contribution in [0.2, 0.25) is 0 Å². The number of likely N-dealkylation sites (N-methyl/N-ethyl adjacent to an activating group) is 1. The molecule has 18 atom stereocenters. The Morgan fingerprint density at radius 2 is 1.62 bits per heavy atom. The van der Waals surface area contributed by atoms with Gasteiger partial charge >= 0.3 is 5.97 Å². The fraction of sp³-hybridized carbons (Fsp3) is 0.808. The Morgan fingerprint density at radius 3 is 2.25 bits per heavy atom. The molecule has 1 aromatic heterocycles. The number of rotatable bonds is 16. The van der Waals surface area contributed by atoms with Crippen molar-refractivity contribution in [3.8, 4) is 11.3 Å². The van der Waals surface area contributed by atoms with Gasteiger partial charge in [-0.1, -0.05) is 56.7 Å². The predicted octanol–water partition coefficient (Wildman–Crippen LogP) is 3.80. The lowest BCUT2D eigenvalue weighted by atomic mass is 9.77. The summed E-state index contributed by atoms with van der Waals surface area (Å²) in [7, 11) is 5.26. The highest BCUT2D eigenvalue weighted by Gasteiger charge is 2.53. The van der Waals surface area contributed by atoms with Crippen molar-refractivity contribution < 1.29 is 68.8 Å². The Hall–Kier alpha value is -3.22. The molecule has 4 heterocycles. The topological polar surface area (TPSA) is 260 Å². The predicted molar refractivity (Wildman–Crippen MR) is 266 cm³/mol. The number of aliphatic hydroxyl groups excluding tert-OH is 3. The molecule has 7 N–H and O–H groups in total. The lowest BCUT2D eigenvalue weighted by molar-refractivity contribution is -0.318. The monoisotopic (exact) mass is 1020 g/mol. The lowest BCUT2D eigenvalue weighted by Gasteiger charge is -2.48. The van der Waals surface area contributed by atoms with Crippen LogP contribution in [-0.4, -0.2) is 185 Å². The molecular formula is C52H88N6O14. The van der Waals surface area contributed by atoms with E-state index in [1.165, 1.54) is 14.0 Å². The number of aryl methyl sites for hydroxylation is 1. The number of unbranched alkanes of at least 4 members (excludes halogenated alkanes) is 2. The maximum absolute atomic E-state index is 14.6. The first-order valence-electron chi connectivity index (χ1n) is 26.0. The van der Waals surface area contributed by atoms with E-state index in [1.54, 1.807) is 44.8 Å². The Kier molecular flexibility index (Phi) is 21.2. The van der Waals surface area contributed by atoms with Crippen LogP contribution in [0.5, 0.6) is 0 Å². The molecule has 3 fully saturated rings. The molecule has 410 valence electrons. The van der Waals surface area contributed by atoms with E-state index in [1.807, 2.05) is 77.2 Å². The maximum atomic E-state index is 14.6. The summed E-state index contributed by atoms with van der Waals surface area (Å²) >= 11 is 0. The number of ether oxygens (including phenoxy) is 6. The SMILES string of the molecule is CC[C@H]1OC(=O)[C@H](C)[C@@H](O[C@@H]2C[C@](C)(OC)[C@H](O)[C@@H](C)O2)[C@H](C)[C@@H](O[C@@H]2O[C@H](C)C[C@H](N(C)C)[C@H]2O)[C@@](C)(O)C[C@@H](C)CN(Cc2ccc(-c3cn(CCCCCC(=O)NO)nn3)cc2)[C@@H](C)[C@@H](O)[C@]1(C)O. The highest BCUT2D eigenvalue weighted by molar-refractivity contribution is 5.74. The zero-order valence-electron chi connectivity index (χ0n) is 45.0. The number of esters is 1. The van der Waals surface area contributed by atoms with Crippen LogP contribution in [0.1, 0.15) is 126 Å². The zero-order valence-corrected chi connectivity index (χ0v) is 45.0. The molecule has 0 spiro atoms. The van der Waals surface area contributed by atoms with E-state index in [0.717, 1.165) is 24.0 Å². The molecule has 3 saturated heterocycles. The number of nitrogens with zero attached hydrogens (tertiary/aromatic N) is 5. The first kappa shape index (κ1) is 59.7. The molecule has 1 aromatic carbocycles. The van der Waals surface area contributed by atoms with Crippen LogP contribution in [-0.2, 0) is 51.1 Å². The lowest BCUT2D eigenvalue weighted by Crippen LogP contribution is -2.60. The maximum Gasteiger partial charge on any atom is 0.311 e. The van der Waals surface area contributed by atoms with Crippen molar-refractivity contribution in [2.75, 3.05) is 27.7 Å². The summed E-state index contributed by atoms with van der Waals surface area (Å²) in [6.07, 6.45) is -4.77. The average Bonchev–Trinajstić information content (AvgIpc) is 3.81. The van der Waals surface area contributed by atoms with E-state index >= 15 is 0 Å². The number of carbonyl (C=O) groups excluding carboxylic acids is 2. The number of hydrogen-bond donors (Lipinski definition) is 7. The number of aliphatic hydroxyl groups is 5. The van der Waals surface area contributed by atoms with Crippen molar-refractivity contribution >= 4 is 11.9 Å². The van der Waals surface area contributed by atoms with E-state index in [-0.39, 0.29) is 43.7 Å². The highest BCUT2D eigenvalue weighted by atomic mass is 16.7. The smallest absolute Gasteiger partial charge is 0.311 e. The number of nitrogens with one attached hydrogen (secondary N) is 1. The van der Waals surface area contributed by atoms with Gasteiger partial charge < -0.3 is 58.9 Å². The molecule has 3 aliphatic rings. The summed E-state index contributed by atoms with van der Waals surface area (Å²) in [5.74, 6) is -3.31. The van der Waals surface area contributed by atoms with Gasteiger partial charge in [-0.25, -0.2) is 5.48 Å². The number of amides is 1. The number of methoxy groups -OCH3 is 1. The highest BCUT2D eigenvalue weighted by Crippen LogP contribution is 2.40. The molecule has 0 bridgehead atoms. The van der Waals surface area contributed by atoms with E-state index in [9.17, 15) is 35.1 Å². The Bertz CT molecular complexity index is 2010. The number of hydroxylamine groups is 1. The van der Waals surface area contributed by atoms with Crippen molar-refractivity contribution in [2.24, 2.45) is 17.8 Å². The Labute approximate surface area is 426 Å². The molecular weight excluding hydrogens is 933 g/mol. The third kappa shape index (κ3) is 14.6. The minimum atomic E-state index is -1.93. The van der Waals surface area contributed by atoms with Gasteiger partial charge in [0.1, 0.15) is 35.7 Å². The summed E-state index contributed by atoms with van der Waals surface area (Å²) in [5.41, 5.74) is -0.575. The van der Waals surface area contributed by atoms with Gasteiger partial charge in [0.2, 0.25) is 5.91 Å². The summed E-state index contributed by atoms with van der Waals surface area (Å²) in [5, 5.41) is 77.8. The Balaban J connectivity index is 1.50. The largest absolute Gasteiger partial charge is 0.459 e. The van der Waals surface area contributed by atoms with Crippen molar-refractivity contribution in [3.05, 3.63) is 36.0 Å². The number of benzene rings is 1. The molecule has 20 heteroatoms. The zero-order chi connectivity index (χ0) is 53.5. The number of carbonyl (C=O) groups is 2. The third-order valence-corrected chi connectivity index (χ3v) is 15.6. The second kappa shape index (κ2) is 25.5. The molecule has 5 rings (SSSR count). The fourth-order valence-electron chi connectivity index (χ4n) is 11.2. The van der Waals surface area contributed by atoms with Crippen LogP contribution in [0.25, 0.3) is 11.3 Å². The Morgan fingerprint density at radius 1 is 0.944 bits per heavy atom. The standard InChI is InChI=1S/C52H88N6O14/c1-14-40-52(10,65)45(61)34(6)57(28-36-19-21-37(22-20-36)38-29-58(55-53-38)23-17-15-16-18-41(59)54-66)27-30(2)25-50(8,64)47(72-49-43(60)39(56(11)12)24-31(3)68-49)32(4)44(33(5)48(63)70-40)71-42-26-51(9,67-13)46(62)35(7)69-42/h19-22,29-35,39-40,42-47,49,60-62,64-66H,14-18,23-28H2,1-13H3,(H,54,59)/t30-,31-,32+,33-,34+,35-,39+,40-,42-,43-,44+,45-,46-,47-,49+,50+,51+,52-/m1/s1. The van der Waals surface area contributed by atoms with E-state index < -0.39 is 102 Å². The van der Waals surface area contributed by atoms with E-state index in [4.69, 9.17) is 33.6 Å². The van der Waals surface area contributed by atoms with Gasteiger partial charge in [-0.15, -0.1) is 5.10 Å². The average molecular weight is 1020 g/mol. The van der Waals surface area contributed by atoms with Gasteiger partial charge in [0.05, 0.1) is 47.7 Å². The van der Waals surface area contributed by atoms with Crippen LogP contribution in [0.3, 0.4) is 0 Å². The van der Waals surface area contributed by atoms with Crippen LogP contribution in [0.4, 0.5) is 0 Å². The van der Waals surface area contributed by atoms with Gasteiger partial charge in [0.25, 0.3) is 0 Å². The molecule has 2 aromatic rings. The van der Waals surface area contributed by atoms with E-state index in [2.05, 4.69) is 15.2 Å². The normalized spacial score (nSPS) is 39.0. The summed E-state index contributed by atoms with van der Waals surface area (Å²) in [6, 6.07) is 6.83. The molecule has 0 radical (unpaired) electrons. The van der Waals surface area contributed by atoms with Gasteiger partial charge in [-0.2, -0.15) is 0 Å². The van der Waals surface area contributed by atoms with Crippen LogP contribution >= 0.6 is 0 Å². The summed E-state index contributed by atoms with van der Waals surface area (Å²) < 4.78 is 40.0. The van der Waals surface area contributed by atoms with E-state index in [0.29, 0.717) is 38.2 Å². The second-order valence-electron chi connectivity index (χ2n) is 22.1. The number of hydrogen-bond acceptors (Lipinski definition) is 18. The molecule has 0 aliphatic carbocycles. The van der Waals surface area contributed by atoms with Crippen molar-refractivity contribution in [3.63, 3.8) is 0 Å². The van der Waals surface area contributed by atoms with Gasteiger partial charge in [0.15, 0.2) is 12.6 Å². The van der Waals surface area contributed by atoms with Gasteiger partial charge in [-0.05, 0) is 106 Å². The summed E-state index contributed by atoms with van der Waals surface area (Å²) in [4.78, 5) is 29.9. The molecule has 0 unspecified atom stereocenters. The molecule has 72 heavy (non-hydrogen) atoms. The summed E-state index contributed by atoms with van der Waals surface area (Å²) in [6.45, 7) is 18.9. The second-order valence-corrected chi connectivity index (χ2v) is 22.1. The van der Waals surface area contributed by atoms with Gasteiger partial charge in [-0.3, -0.25) is 24.4 Å². The van der Waals surface area contributed by atoms with Crippen LogP contribution in [0, 0.1) is 17.8 Å². The minimum absolute atomic E-state index is 0.0970. The minimum Gasteiger partial charge on any atom is -0.459 e. The third-order valence-electron chi connectivity index (χ3n) is 15.6. The van der Waals surface area contributed by atoms with Crippen LogP contribution in [0.15, 0.2) is 30.5 Å². The van der Waals surface area contributed by atoms with Crippen molar-refractivity contribution in [2.45, 2.75) is 224 Å². The quantitative estimate of drug-likeness (QED) is 0.0546. The molecule has 20 nitrogen and oxygen atoms in total. The van der Waals surface area contributed by atoms with Crippen LogP contribution < -0.4 is 5.48 Å². The number of aromatic nitrogens is 3. The number of cyclic esters (lactones) is 1. The van der Waals surface area contributed by atoms with Crippen molar-refractivity contribution in [1.82, 2.24) is 30.3 Å². The van der Waals surface area contributed by atoms with Crippen molar-refractivity contribution in [1.29, 1.82) is 0 Å². The molecule has 3 aliphatic heterocycles.